The highest BCUT2D eigenvalue weighted by molar-refractivity contribution is 9.10. The zero-order valence-corrected chi connectivity index (χ0v) is 11.1. The highest BCUT2D eigenvalue weighted by Gasteiger charge is 2.32. The van der Waals surface area contributed by atoms with E-state index in [1.807, 2.05) is 0 Å². The number of halogens is 3. The largest absolute Gasteiger partial charge is 0.303 e. The number of anilines is 1. The van der Waals surface area contributed by atoms with Crippen molar-refractivity contribution in [1.29, 1.82) is 0 Å². The Balaban J connectivity index is 2.09. The molecule has 17 heavy (non-hydrogen) atoms. The van der Waals surface area contributed by atoms with Crippen LogP contribution in [0.3, 0.4) is 0 Å². The van der Waals surface area contributed by atoms with E-state index in [1.54, 1.807) is 18.2 Å². The van der Waals surface area contributed by atoms with Crippen LogP contribution in [0.1, 0.15) is 6.42 Å². The Kier molecular flexibility index (Phi) is 3.96. The SMILES string of the molecule is O=C(C1C[C@@H](F)CN1)N(Cl)c1cccc(Br)n1. The number of aromatic nitrogens is 1. The molecule has 0 aromatic carbocycles. The van der Waals surface area contributed by atoms with Crippen molar-refractivity contribution >= 4 is 39.4 Å². The van der Waals surface area contributed by atoms with Crippen LogP contribution in [-0.4, -0.2) is 29.6 Å². The molecule has 0 spiro atoms. The number of hydrogen-bond donors (Lipinski definition) is 1. The smallest absolute Gasteiger partial charge is 0.260 e. The van der Waals surface area contributed by atoms with E-state index in [0.29, 0.717) is 10.4 Å². The van der Waals surface area contributed by atoms with E-state index < -0.39 is 18.1 Å². The van der Waals surface area contributed by atoms with Crippen LogP contribution < -0.4 is 9.74 Å². The van der Waals surface area contributed by atoms with Gasteiger partial charge in [0.05, 0.1) is 6.04 Å². The van der Waals surface area contributed by atoms with Crippen molar-refractivity contribution in [3.8, 4) is 0 Å². The fraction of sp³-hybridized carbons (Fsp3) is 0.400. The molecule has 2 atom stereocenters. The molecule has 1 amide bonds. The second-order valence-electron chi connectivity index (χ2n) is 3.73. The molecule has 1 unspecified atom stereocenters. The van der Waals surface area contributed by atoms with Crippen molar-refractivity contribution in [1.82, 2.24) is 10.3 Å². The van der Waals surface area contributed by atoms with E-state index in [0.717, 1.165) is 4.42 Å². The van der Waals surface area contributed by atoms with Gasteiger partial charge < -0.3 is 5.32 Å². The summed E-state index contributed by atoms with van der Waals surface area (Å²) >= 11 is 9.08. The standard InChI is InChI=1S/C10H10BrClFN3O/c11-8-2-1-3-9(15-8)16(12)10(17)7-4-6(13)5-14-7/h1-3,6-7,14H,4-5H2/t6-,7?/m1/s1. The summed E-state index contributed by atoms with van der Waals surface area (Å²) in [5, 5.41) is 2.78. The first-order valence-corrected chi connectivity index (χ1v) is 6.21. The molecule has 0 saturated carbocycles. The van der Waals surface area contributed by atoms with Crippen molar-refractivity contribution in [2.45, 2.75) is 18.6 Å². The monoisotopic (exact) mass is 321 g/mol. The molecule has 1 aliphatic heterocycles. The average molecular weight is 323 g/mol. The lowest BCUT2D eigenvalue weighted by atomic mass is 10.2. The van der Waals surface area contributed by atoms with Crippen molar-refractivity contribution < 1.29 is 9.18 Å². The lowest BCUT2D eigenvalue weighted by molar-refractivity contribution is -0.119. The third kappa shape index (κ3) is 2.94. The van der Waals surface area contributed by atoms with Crippen LogP contribution in [-0.2, 0) is 4.79 Å². The molecule has 1 aromatic heterocycles. The summed E-state index contributed by atoms with van der Waals surface area (Å²) in [6, 6.07) is 4.47. The second kappa shape index (κ2) is 5.29. The summed E-state index contributed by atoms with van der Waals surface area (Å²) in [6.45, 7) is 0.188. The maximum atomic E-state index is 13.0. The lowest BCUT2D eigenvalue weighted by Gasteiger charge is -2.17. The van der Waals surface area contributed by atoms with Crippen molar-refractivity contribution in [3.05, 3.63) is 22.8 Å². The van der Waals surface area contributed by atoms with Gasteiger partial charge in [-0.2, -0.15) is 0 Å². The topological polar surface area (TPSA) is 45.2 Å². The predicted molar refractivity (Wildman–Crippen MR) is 66.6 cm³/mol. The Labute approximate surface area is 111 Å². The number of amides is 1. The fourth-order valence-corrected chi connectivity index (χ4v) is 2.18. The van der Waals surface area contributed by atoms with Gasteiger partial charge in [-0.25, -0.2) is 13.8 Å². The molecule has 1 saturated heterocycles. The van der Waals surface area contributed by atoms with Gasteiger partial charge in [0.1, 0.15) is 10.8 Å². The van der Waals surface area contributed by atoms with Crippen LogP contribution in [0.5, 0.6) is 0 Å². The van der Waals surface area contributed by atoms with Crippen LogP contribution in [0.25, 0.3) is 0 Å². The van der Waals surface area contributed by atoms with E-state index >= 15 is 0 Å². The Hall–Kier alpha value is -0.720. The van der Waals surface area contributed by atoms with Gasteiger partial charge in [0.25, 0.3) is 5.91 Å². The highest BCUT2D eigenvalue weighted by atomic mass is 79.9. The first-order chi connectivity index (χ1) is 8.08. The minimum atomic E-state index is -0.996. The van der Waals surface area contributed by atoms with Crippen LogP contribution in [0.15, 0.2) is 22.8 Å². The van der Waals surface area contributed by atoms with Crippen LogP contribution in [0, 0.1) is 0 Å². The predicted octanol–water partition coefficient (Wildman–Crippen LogP) is 2.03. The number of nitrogens with zero attached hydrogens (tertiary/aromatic N) is 2. The Morgan fingerprint density at radius 1 is 1.65 bits per heavy atom. The second-order valence-corrected chi connectivity index (χ2v) is 4.88. The molecule has 92 valence electrons. The fourth-order valence-electron chi connectivity index (χ4n) is 1.64. The molecule has 1 fully saturated rings. The van der Waals surface area contributed by atoms with Gasteiger partial charge in [-0.15, -0.1) is 0 Å². The molecule has 4 nitrogen and oxygen atoms in total. The van der Waals surface area contributed by atoms with E-state index in [-0.39, 0.29) is 13.0 Å². The summed E-state index contributed by atoms with van der Waals surface area (Å²) in [6.07, 6.45) is -0.847. The number of hydrogen-bond acceptors (Lipinski definition) is 3. The minimum absolute atomic E-state index is 0.149. The molecule has 0 radical (unpaired) electrons. The molecule has 2 heterocycles. The normalized spacial score (nSPS) is 23.7. The molecule has 0 bridgehead atoms. The number of alkyl halides is 1. The van der Waals surface area contributed by atoms with Gasteiger partial charge in [0.15, 0.2) is 5.82 Å². The lowest BCUT2D eigenvalue weighted by Crippen LogP contribution is -2.39. The number of carbonyl (C=O) groups excluding carboxylic acids is 1. The minimum Gasteiger partial charge on any atom is -0.303 e. The van der Waals surface area contributed by atoms with Gasteiger partial charge in [-0.3, -0.25) is 4.79 Å². The zero-order chi connectivity index (χ0) is 12.4. The molecular weight excluding hydrogens is 312 g/mol. The van der Waals surface area contributed by atoms with E-state index in [4.69, 9.17) is 11.8 Å². The highest BCUT2D eigenvalue weighted by Crippen LogP contribution is 2.20. The first-order valence-electron chi connectivity index (χ1n) is 5.07. The number of rotatable bonds is 2. The summed E-state index contributed by atoms with van der Waals surface area (Å²) in [5.74, 6) is -0.0763. The first kappa shape index (κ1) is 12.7. The van der Waals surface area contributed by atoms with Gasteiger partial charge in [-0.05, 0) is 28.1 Å². The van der Waals surface area contributed by atoms with E-state index in [9.17, 15) is 9.18 Å². The molecule has 2 rings (SSSR count). The van der Waals surface area contributed by atoms with Gasteiger partial charge in [-0.1, -0.05) is 6.07 Å². The number of nitrogens with one attached hydrogen (secondary N) is 1. The molecule has 1 N–H and O–H groups in total. The van der Waals surface area contributed by atoms with Crippen molar-refractivity contribution in [3.63, 3.8) is 0 Å². The van der Waals surface area contributed by atoms with Gasteiger partial charge in [0, 0.05) is 24.7 Å². The summed E-state index contributed by atoms with van der Waals surface area (Å²) < 4.78 is 14.5. The molecule has 7 heteroatoms. The van der Waals surface area contributed by atoms with E-state index in [2.05, 4.69) is 26.2 Å². The van der Waals surface area contributed by atoms with Gasteiger partial charge >= 0.3 is 0 Å². The van der Waals surface area contributed by atoms with Crippen LogP contribution in [0.2, 0.25) is 0 Å². The molecular formula is C10H10BrClFN3O. The van der Waals surface area contributed by atoms with Gasteiger partial charge in [0.2, 0.25) is 0 Å². The van der Waals surface area contributed by atoms with Crippen molar-refractivity contribution in [2.75, 3.05) is 11.0 Å². The third-order valence-corrected chi connectivity index (χ3v) is 3.25. The summed E-state index contributed by atoms with van der Waals surface area (Å²) in [5.41, 5.74) is 0. The maximum absolute atomic E-state index is 13.0. The summed E-state index contributed by atoms with van der Waals surface area (Å²) in [7, 11) is 0. The van der Waals surface area contributed by atoms with Crippen molar-refractivity contribution in [2.24, 2.45) is 0 Å². The summed E-state index contributed by atoms with van der Waals surface area (Å²) in [4.78, 5) is 16.0. The average Bonchev–Trinajstić information content (AvgIpc) is 2.74. The zero-order valence-electron chi connectivity index (χ0n) is 8.74. The van der Waals surface area contributed by atoms with Crippen LogP contribution >= 0.6 is 27.7 Å². The molecule has 0 aliphatic carbocycles. The maximum Gasteiger partial charge on any atom is 0.260 e. The number of carbonyl (C=O) groups is 1. The Bertz CT molecular complexity index is 434. The quantitative estimate of drug-likeness (QED) is 0.669. The number of pyridine rings is 1. The molecule has 1 aliphatic rings. The van der Waals surface area contributed by atoms with E-state index in [1.165, 1.54) is 0 Å². The Morgan fingerprint density at radius 2 is 2.41 bits per heavy atom. The molecule has 1 aromatic rings. The van der Waals surface area contributed by atoms with Crippen LogP contribution in [0.4, 0.5) is 10.2 Å². The Morgan fingerprint density at radius 3 is 3.00 bits per heavy atom. The third-order valence-electron chi connectivity index (χ3n) is 2.47.